The van der Waals surface area contributed by atoms with Crippen molar-refractivity contribution in [1.29, 1.82) is 0 Å². The van der Waals surface area contributed by atoms with Gasteiger partial charge in [0.05, 0.1) is 4.90 Å². The van der Waals surface area contributed by atoms with E-state index in [1.165, 1.54) is 0 Å². The van der Waals surface area contributed by atoms with E-state index < -0.39 is 21.7 Å². The number of piperidine rings is 1. The summed E-state index contributed by atoms with van der Waals surface area (Å²) in [6, 6.07) is 2.37. The van der Waals surface area contributed by atoms with Gasteiger partial charge in [-0.3, -0.25) is 4.79 Å². The maximum atomic E-state index is 13.1. The molecule has 1 heterocycles. The van der Waals surface area contributed by atoms with Crippen LogP contribution in [-0.4, -0.2) is 40.0 Å². The summed E-state index contributed by atoms with van der Waals surface area (Å²) in [7, 11) is -3.98. The summed E-state index contributed by atoms with van der Waals surface area (Å²) in [6.45, 7) is 1.51. The van der Waals surface area contributed by atoms with E-state index in [0.717, 1.165) is 31.5 Å². The highest BCUT2D eigenvalue weighted by Crippen LogP contribution is 2.13. The second kappa shape index (κ2) is 7.80. The Labute approximate surface area is 133 Å². The molecule has 1 amide bonds. The molecule has 0 radical (unpaired) electrons. The summed E-state index contributed by atoms with van der Waals surface area (Å²) >= 11 is 0. The summed E-state index contributed by atoms with van der Waals surface area (Å²) in [5.41, 5.74) is 0. The van der Waals surface area contributed by atoms with Gasteiger partial charge < -0.3 is 10.6 Å². The van der Waals surface area contributed by atoms with Crippen LogP contribution in [0.1, 0.15) is 19.3 Å². The van der Waals surface area contributed by atoms with Gasteiger partial charge in [0, 0.05) is 25.6 Å². The lowest BCUT2D eigenvalue weighted by Gasteiger charge is -2.23. The number of carbonyl (C=O) groups excluding carboxylic acids is 1. The van der Waals surface area contributed by atoms with Gasteiger partial charge in [-0.25, -0.2) is 21.9 Å². The maximum absolute atomic E-state index is 13.1. The number of nitrogens with one attached hydrogen (secondary N) is 3. The number of rotatable bonds is 6. The first kappa shape index (κ1) is 17.8. The predicted molar refractivity (Wildman–Crippen MR) is 80.2 cm³/mol. The first-order valence-corrected chi connectivity index (χ1v) is 8.81. The fourth-order valence-corrected chi connectivity index (χ4v) is 3.34. The molecular formula is C14H19F2N3O3S. The first-order chi connectivity index (χ1) is 10.9. The summed E-state index contributed by atoms with van der Waals surface area (Å²) in [6.07, 6.45) is 1.84. The Morgan fingerprint density at radius 3 is 2.74 bits per heavy atom. The number of hydrogen-bond donors (Lipinski definition) is 3. The summed E-state index contributed by atoms with van der Waals surface area (Å²) in [5.74, 6) is -2.62. The molecule has 3 N–H and O–H groups in total. The second-order valence-electron chi connectivity index (χ2n) is 5.33. The Morgan fingerprint density at radius 2 is 2.09 bits per heavy atom. The van der Waals surface area contributed by atoms with E-state index in [2.05, 4.69) is 15.4 Å². The molecule has 1 aliphatic rings. The minimum absolute atomic E-state index is 0.0284. The molecule has 0 unspecified atom stereocenters. The number of hydrogen-bond acceptors (Lipinski definition) is 4. The van der Waals surface area contributed by atoms with Crippen LogP contribution in [-0.2, 0) is 14.8 Å². The van der Waals surface area contributed by atoms with Gasteiger partial charge in [0.1, 0.15) is 0 Å². The van der Waals surface area contributed by atoms with Gasteiger partial charge in [-0.15, -0.1) is 0 Å². The number of amides is 1. The van der Waals surface area contributed by atoms with E-state index >= 15 is 0 Å². The van der Waals surface area contributed by atoms with Gasteiger partial charge in [-0.2, -0.15) is 0 Å². The molecule has 23 heavy (non-hydrogen) atoms. The number of benzene rings is 1. The largest absolute Gasteiger partial charge is 0.352 e. The van der Waals surface area contributed by atoms with Crippen molar-refractivity contribution in [3.63, 3.8) is 0 Å². The Hall–Kier alpha value is -1.58. The van der Waals surface area contributed by atoms with Crippen molar-refractivity contribution in [2.24, 2.45) is 0 Å². The maximum Gasteiger partial charge on any atom is 0.240 e. The molecule has 6 nitrogen and oxygen atoms in total. The number of sulfonamides is 1. The zero-order chi connectivity index (χ0) is 16.9. The molecule has 0 spiro atoms. The molecule has 128 valence electrons. The van der Waals surface area contributed by atoms with Crippen LogP contribution >= 0.6 is 0 Å². The number of halogens is 2. The molecule has 0 bridgehead atoms. The summed E-state index contributed by atoms with van der Waals surface area (Å²) in [5, 5.41) is 5.98. The van der Waals surface area contributed by atoms with Gasteiger partial charge in [0.25, 0.3) is 0 Å². The van der Waals surface area contributed by atoms with Crippen LogP contribution in [0.4, 0.5) is 8.78 Å². The van der Waals surface area contributed by atoms with Crippen molar-refractivity contribution in [2.75, 3.05) is 19.6 Å². The lowest BCUT2D eigenvalue weighted by atomic mass is 10.1. The quantitative estimate of drug-likeness (QED) is 0.699. The molecule has 2 rings (SSSR count). The van der Waals surface area contributed by atoms with Gasteiger partial charge in [0.2, 0.25) is 15.9 Å². The monoisotopic (exact) mass is 347 g/mol. The third-order valence-corrected chi connectivity index (χ3v) is 4.97. The summed E-state index contributed by atoms with van der Waals surface area (Å²) in [4.78, 5) is 11.4. The molecular weight excluding hydrogens is 328 g/mol. The van der Waals surface area contributed by atoms with E-state index in [-0.39, 0.29) is 29.8 Å². The van der Waals surface area contributed by atoms with Crippen molar-refractivity contribution in [3.8, 4) is 0 Å². The van der Waals surface area contributed by atoms with Crippen LogP contribution in [0.5, 0.6) is 0 Å². The van der Waals surface area contributed by atoms with E-state index in [1.807, 2.05) is 0 Å². The van der Waals surface area contributed by atoms with Gasteiger partial charge in [-0.1, -0.05) is 0 Å². The van der Waals surface area contributed by atoms with Gasteiger partial charge >= 0.3 is 0 Å². The van der Waals surface area contributed by atoms with Crippen LogP contribution < -0.4 is 15.4 Å². The highest BCUT2D eigenvalue weighted by atomic mass is 32.2. The lowest BCUT2D eigenvalue weighted by molar-refractivity contribution is -0.121. The molecule has 0 aliphatic carbocycles. The molecule has 9 heteroatoms. The van der Waals surface area contributed by atoms with Crippen LogP contribution in [0.15, 0.2) is 23.1 Å². The Balaban J connectivity index is 1.82. The van der Waals surface area contributed by atoms with Crippen LogP contribution in [0, 0.1) is 11.6 Å². The Bertz CT molecular complexity index is 661. The fraction of sp³-hybridized carbons (Fsp3) is 0.500. The summed E-state index contributed by atoms with van der Waals surface area (Å²) < 4.78 is 51.9. The molecule has 0 saturated carbocycles. The second-order valence-corrected chi connectivity index (χ2v) is 7.10. The fourth-order valence-electron chi connectivity index (χ4n) is 2.30. The van der Waals surface area contributed by atoms with Crippen LogP contribution in [0.25, 0.3) is 0 Å². The average molecular weight is 347 g/mol. The van der Waals surface area contributed by atoms with Crippen LogP contribution in [0.2, 0.25) is 0 Å². The minimum Gasteiger partial charge on any atom is -0.352 e. The minimum atomic E-state index is -3.98. The average Bonchev–Trinajstić information content (AvgIpc) is 2.50. The SMILES string of the molecule is O=C(CCNS(=O)(=O)c1ccc(F)c(F)c1)N[C@H]1CCCNC1. The molecule has 1 aromatic carbocycles. The molecule has 1 aliphatic heterocycles. The van der Waals surface area contributed by atoms with Crippen molar-refractivity contribution in [2.45, 2.75) is 30.2 Å². The van der Waals surface area contributed by atoms with Gasteiger partial charge in [-0.05, 0) is 37.6 Å². The molecule has 1 aromatic rings. The topological polar surface area (TPSA) is 87.3 Å². The van der Waals surface area contributed by atoms with Gasteiger partial charge in [0.15, 0.2) is 11.6 Å². The van der Waals surface area contributed by atoms with Crippen molar-refractivity contribution < 1.29 is 22.0 Å². The third-order valence-electron chi connectivity index (χ3n) is 3.51. The van der Waals surface area contributed by atoms with E-state index in [0.29, 0.717) is 12.6 Å². The molecule has 1 saturated heterocycles. The molecule has 1 atom stereocenters. The Kier molecular flexibility index (Phi) is 6.03. The van der Waals surface area contributed by atoms with Crippen molar-refractivity contribution in [1.82, 2.24) is 15.4 Å². The highest BCUT2D eigenvalue weighted by molar-refractivity contribution is 7.89. The first-order valence-electron chi connectivity index (χ1n) is 7.33. The molecule has 1 fully saturated rings. The smallest absolute Gasteiger partial charge is 0.240 e. The standard InChI is InChI=1S/C14H19F2N3O3S/c15-12-4-3-11(8-13(12)16)23(21,22)18-7-5-14(20)19-10-2-1-6-17-9-10/h3-4,8,10,17-18H,1-2,5-7,9H2,(H,19,20)/t10-/m0/s1. The predicted octanol–water partition coefficient (Wildman–Crippen LogP) is 0.501. The van der Waals surface area contributed by atoms with E-state index in [1.54, 1.807) is 0 Å². The number of carbonyl (C=O) groups is 1. The Morgan fingerprint density at radius 1 is 1.30 bits per heavy atom. The van der Waals surface area contributed by atoms with Crippen molar-refractivity contribution >= 4 is 15.9 Å². The van der Waals surface area contributed by atoms with Crippen molar-refractivity contribution in [3.05, 3.63) is 29.8 Å². The molecule has 0 aromatic heterocycles. The zero-order valence-corrected chi connectivity index (χ0v) is 13.3. The van der Waals surface area contributed by atoms with Crippen LogP contribution in [0.3, 0.4) is 0 Å². The zero-order valence-electron chi connectivity index (χ0n) is 12.4. The third kappa shape index (κ3) is 5.22. The lowest BCUT2D eigenvalue weighted by Crippen LogP contribution is -2.46. The van der Waals surface area contributed by atoms with E-state index in [9.17, 15) is 22.0 Å². The highest BCUT2D eigenvalue weighted by Gasteiger charge is 2.18. The normalized spacial score (nSPS) is 18.6. The van der Waals surface area contributed by atoms with E-state index in [4.69, 9.17) is 0 Å².